The summed E-state index contributed by atoms with van der Waals surface area (Å²) in [5.74, 6) is 0.630. The topological polar surface area (TPSA) is 32.8 Å². The molecule has 4 heteroatoms. The highest BCUT2D eigenvalue weighted by Gasteiger charge is 2.29. The number of nitrogens with zero attached hydrogens (tertiary/aromatic N) is 2. The maximum absolute atomic E-state index is 11.8. The number of carbonyl (C=O) groups excluding carboxylic acids is 1. The summed E-state index contributed by atoms with van der Waals surface area (Å²) in [5.41, 5.74) is -0.390. The Morgan fingerprint density at radius 3 is 2.59 bits per heavy atom. The summed E-state index contributed by atoms with van der Waals surface area (Å²) < 4.78 is 5.37. The van der Waals surface area contributed by atoms with Crippen LogP contribution in [0.25, 0.3) is 0 Å². The zero-order valence-electron chi connectivity index (χ0n) is 11.8. The van der Waals surface area contributed by atoms with Crippen molar-refractivity contribution < 1.29 is 9.53 Å². The Morgan fingerprint density at radius 2 is 2.06 bits per heavy atom. The smallest absolute Gasteiger partial charge is 0.410 e. The first-order valence-corrected chi connectivity index (χ1v) is 6.40. The van der Waals surface area contributed by atoms with E-state index in [0.717, 1.165) is 32.5 Å². The minimum Gasteiger partial charge on any atom is -0.444 e. The average Bonchev–Trinajstić information content (AvgIpc) is 2.60. The van der Waals surface area contributed by atoms with E-state index in [1.165, 1.54) is 0 Å². The molecule has 1 aliphatic heterocycles. The van der Waals surface area contributed by atoms with Crippen LogP contribution in [0.4, 0.5) is 4.79 Å². The third-order valence-corrected chi connectivity index (χ3v) is 2.92. The molecule has 1 aliphatic rings. The summed E-state index contributed by atoms with van der Waals surface area (Å²) in [4.78, 5) is 15.9. The van der Waals surface area contributed by atoms with Crippen molar-refractivity contribution in [3.8, 4) is 0 Å². The summed E-state index contributed by atoms with van der Waals surface area (Å²) in [6, 6.07) is 0. The van der Waals surface area contributed by atoms with E-state index in [1.807, 2.05) is 25.7 Å². The first kappa shape index (κ1) is 14.3. The molecule has 0 aromatic heterocycles. The van der Waals surface area contributed by atoms with E-state index in [4.69, 9.17) is 4.74 Å². The number of ether oxygens (including phenoxy) is 1. The number of hydrogen-bond acceptors (Lipinski definition) is 3. The summed E-state index contributed by atoms with van der Waals surface area (Å²) in [7, 11) is 4.17. The van der Waals surface area contributed by atoms with Crippen molar-refractivity contribution in [2.75, 3.05) is 33.7 Å². The van der Waals surface area contributed by atoms with E-state index in [2.05, 4.69) is 19.0 Å². The third-order valence-electron chi connectivity index (χ3n) is 2.92. The molecule has 0 aliphatic carbocycles. The van der Waals surface area contributed by atoms with E-state index >= 15 is 0 Å². The molecule has 0 radical (unpaired) electrons. The molecule has 1 atom stereocenters. The molecule has 100 valence electrons. The third kappa shape index (κ3) is 5.39. The molecule has 0 saturated carbocycles. The summed E-state index contributed by atoms with van der Waals surface area (Å²) in [5, 5.41) is 0. The molecule has 0 bridgehead atoms. The van der Waals surface area contributed by atoms with Gasteiger partial charge in [0.2, 0.25) is 0 Å². The van der Waals surface area contributed by atoms with Gasteiger partial charge in [-0.05, 0) is 60.2 Å². The first-order valence-electron chi connectivity index (χ1n) is 6.40. The van der Waals surface area contributed by atoms with Crippen molar-refractivity contribution in [1.29, 1.82) is 0 Å². The van der Waals surface area contributed by atoms with Crippen LogP contribution in [0.5, 0.6) is 0 Å². The lowest BCUT2D eigenvalue weighted by molar-refractivity contribution is 0.0287. The van der Waals surface area contributed by atoms with Crippen LogP contribution >= 0.6 is 0 Å². The summed E-state index contributed by atoms with van der Waals surface area (Å²) >= 11 is 0. The van der Waals surface area contributed by atoms with E-state index in [9.17, 15) is 4.79 Å². The second kappa shape index (κ2) is 5.71. The molecule has 4 nitrogen and oxygen atoms in total. The predicted molar refractivity (Wildman–Crippen MR) is 69.1 cm³/mol. The second-order valence-electron chi connectivity index (χ2n) is 6.17. The van der Waals surface area contributed by atoms with Gasteiger partial charge in [0, 0.05) is 13.1 Å². The largest absolute Gasteiger partial charge is 0.444 e. The van der Waals surface area contributed by atoms with Crippen LogP contribution in [0, 0.1) is 5.92 Å². The molecule has 17 heavy (non-hydrogen) atoms. The Kier molecular flexibility index (Phi) is 4.80. The van der Waals surface area contributed by atoms with Gasteiger partial charge < -0.3 is 14.5 Å². The fourth-order valence-corrected chi connectivity index (χ4v) is 2.00. The van der Waals surface area contributed by atoms with Crippen molar-refractivity contribution >= 4 is 6.09 Å². The first-order chi connectivity index (χ1) is 7.78. The molecule has 0 unspecified atom stereocenters. The Bertz CT molecular complexity index is 259. The molecule has 0 N–H and O–H groups in total. The van der Waals surface area contributed by atoms with Crippen LogP contribution in [0.3, 0.4) is 0 Å². The summed E-state index contributed by atoms with van der Waals surface area (Å²) in [6.45, 7) is 8.50. The normalized spacial score (nSPS) is 21.1. The van der Waals surface area contributed by atoms with Crippen molar-refractivity contribution in [1.82, 2.24) is 9.80 Å². The molecular formula is C13H26N2O2. The molecule has 1 amide bonds. The van der Waals surface area contributed by atoms with Crippen LogP contribution in [-0.4, -0.2) is 55.2 Å². The quantitative estimate of drug-likeness (QED) is 0.760. The van der Waals surface area contributed by atoms with Gasteiger partial charge in [0.05, 0.1) is 0 Å². The van der Waals surface area contributed by atoms with E-state index in [0.29, 0.717) is 5.92 Å². The van der Waals surface area contributed by atoms with Crippen molar-refractivity contribution in [2.24, 2.45) is 5.92 Å². The molecule has 0 aromatic carbocycles. The lowest BCUT2D eigenvalue weighted by Crippen LogP contribution is -2.35. The summed E-state index contributed by atoms with van der Waals surface area (Å²) in [6.07, 6.45) is 2.10. The van der Waals surface area contributed by atoms with E-state index in [1.54, 1.807) is 0 Å². The number of amides is 1. The second-order valence-corrected chi connectivity index (χ2v) is 6.17. The SMILES string of the molecule is CN(C)CC[C@H]1CCN(C(=O)OC(C)(C)C)C1. The Hall–Kier alpha value is -0.770. The average molecular weight is 242 g/mol. The van der Waals surface area contributed by atoms with Gasteiger partial charge in [-0.1, -0.05) is 0 Å². The van der Waals surface area contributed by atoms with Crippen LogP contribution in [0.2, 0.25) is 0 Å². The van der Waals surface area contributed by atoms with Crippen molar-refractivity contribution in [2.45, 2.75) is 39.2 Å². The molecule has 1 saturated heterocycles. The van der Waals surface area contributed by atoms with Crippen LogP contribution in [-0.2, 0) is 4.74 Å². The van der Waals surface area contributed by atoms with Crippen LogP contribution in [0.1, 0.15) is 33.6 Å². The fraction of sp³-hybridized carbons (Fsp3) is 0.923. The van der Waals surface area contributed by atoms with Gasteiger partial charge in [-0.2, -0.15) is 0 Å². The van der Waals surface area contributed by atoms with Crippen molar-refractivity contribution in [3.63, 3.8) is 0 Å². The van der Waals surface area contributed by atoms with E-state index in [-0.39, 0.29) is 6.09 Å². The van der Waals surface area contributed by atoms with Gasteiger partial charge in [0.25, 0.3) is 0 Å². The highest BCUT2D eigenvalue weighted by atomic mass is 16.6. The Labute approximate surface area is 105 Å². The molecule has 1 fully saturated rings. The highest BCUT2D eigenvalue weighted by molar-refractivity contribution is 5.68. The minimum absolute atomic E-state index is 0.162. The van der Waals surface area contributed by atoms with Gasteiger partial charge in [0.15, 0.2) is 0 Å². The van der Waals surface area contributed by atoms with Gasteiger partial charge in [-0.25, -0.2) is 4.79 Å². The lowest BCUT2D eigenvalue weighted by Gasteiger charge is -2.24. The standard InChI is InChI=1S/C13H26N2O2/c1-13(2,3)17-12(16)15-9-7-11(10-15)6-8-14(4)5/h11H,6-10H2,1-5H3/t11-/m0/s1. The van der Waals surface area contributed by atoms with Crippen LogP contribution in [0.15, 0.2) is 0 Å². The van der Waals surface area contributed by atoms with E-state index < -0.39 is 5.60 Å². The number of likely N-dealkylation sites (tertiary alicyclic amines) is 1. The molecule has 0 aromatic rings. The fourth-order valence-electron chi connectivity index (χ4n) is 2.00. The number of hydrogen-bond donors (Lipinski definition) is 0. The van der Waals surface area contributed by atoms with Gasteiger partial charge in [-0.15, -0.1) is 0 Å². The maximum atomic E-state index is 11.8. The highest BCUT2D eigenvalue weighted by Crippen LogP contribution is 2.21. The zero-order chi connectivity index (χ0) is 13.1. The molecule has 1 heterocycles. The van der Waals surface area contributed by atoms with Gasteiger partial charge >= 0.3 is 6.09 Å². The maximum Gasteiger partial charge on any atom is 0.410 e. The Balaban J connectivity index is 2.32. The van der Waals surface area contributed by atoms with Crippen LogP contribution < -0.4 is 0 Å². The molecule has 1 rings (SSSR count). The van der Waals surface area contributed by atoms with Gasteiger partial charge in [0.1, 0.15) is 5.60 Å². The minimum atomic E-state index is -0.390. The zero-order valence-corrected chi connectivity index (χ0v) is 11.8. The molecular weight excluding hydrogens is 216 g/mol. The monoisotopic (exact) mass is 242 g/mol. The van der Waals surface area contributed by atoms with Gasteiger partial charge in [-0.3, -0.25) is 0 Å². The Morgan fingerprint density at radius 1 is 1.41 bits per heavy atom. The lowest BCUT2D eigenvalue weighted by atomic mass is 10.1. The van der Waals surface area contributed by atoms with Crippen molar-refractivity contribution in [3.05, 3.63) is 0 Å². The predicted octanol–water partition coefficient (Wildman–Crippen LogP) is 2.20. The number of rotatable bonds is 3. The molecule has 0 spiro atoms. The number of carbonyl (C=O) groups is 1.